The summed E-state index contributed by atoms with van der Waals surface area (Å²) >= 11 is 0. The highest BCUT2D eigenvalue weighted by Crippen LogP contribution is 2.18. The molecular weight excluding hydrogens is 241 g/mol. The summed E-state index contributed by atoms with van der Waals surface area (Å²) in [5.74, 6) is 0.647. The van der Waals surface area contributed by atoms with Gasteiger partial charge in [0.2, 0.25) is 0 Å². The van der Waals surface area contributed by atoms with Crippen molar-refractivity contribution in [3.05, 3.63) is 59.9 Å². The molecular formula is C16H18FNO. The molecule has 0 aliphatic carbocycles. The number of halogens is 1. The minimum Gasteiger partial charge on any atom is -0.494 e. The zero-order chi connectivity index (χ0) is 13.5. The van der Waals surface area contributed by atoms with Gasteiger partial charge >= 0.3 is 0 Å². The van der Waals surface area contributed by atoms with Crippen LogP contribution in [0, 0.1) is 5.82 Å². The monoisotopic (exact) mass is 259 g/mol. The van der Waals surface area contributed by atoms with Gasteiger partial charge in [-0.25, -0.2) is 4.39 Å². The van der Waals surface area contributed by atoms with Crippen LogP contribution in [0.3, 0.4) is 0 Å². The quantitative estimate of drug-likeness (QED) is 0.838. The highest BCUT2D eigenvalue weighted by atomic mass is 19.1. The summed E-state index contributed by atoms with van der Waals surface area (Å²) in [7, 11) is 0. The number of benzene rings is 2. The summed E-state index contributed by atoms with van der Waals surface area (Å²) in [4.78, 5) is 0. The fourth-order valence-corrected chi connectivity index (χ4v) is 1.75. The second-order valence-corrected chi connectivity index (χ2v) is 4.32. The van der Waals surface area contributed by atoms with Crippen LogP contribution in [-0.2, 0) is 6.54 Å². The molecule has 0 heterocycles. The maximum absolute atomic E-state index is 13.5. The van der Waals surface area contributed by atoms with E-state index in [0.29, 0.717) is 18.7 Å². The van der Waals surface area contributed by atoms with Crippen molar-refractivity contribution in [2.75, 3.05) is 11.9 Å². The normalized spacial score (nSPS) is 10.2. The average Bonchev–Trinajstić information content (AvgIpc) is 2.45. The van der Waals surface area contributed by atoms with Crippen molar-refractivity contribution >= 4 is 5.69 Å². The molecule has 0 unspecified atom stereocenters. The van der Waals surface area contributed by atoms with Crippen LogP contribution in [0.2, 0.25) is 0 Å². The van der Waals surface area contributed by atoms with Gasteiger partial charge in [0.1, 0.15) is 11.6 Å². The van der Waals surface area contributed by atoms with E-state index in [1.54, 1.807) is 12.1 Å². The molecule has 0 fully saturated rings. The largest absolute Gasteiger partial charge is 0.494 e. The highest BCUT2D eigenvalue weighted by Gasteiger charge is 2.01. The Balaban J connectivity index is 1.98. The number of hydrogen-bond acceptors (Lipinski definition) is 2. The zero-order valence-electron chi connectivity index (χ0n) is 11.0. The van der Waals surface area contributed by atoms with Crippen LogP contribution < -0.4 is 10.1 Å². The van der Waals surface area contributed by atoms with Crippen molar-refractivity contribution in [1.29, 1.82) is 0 Å². The first kappa shape index (κ1) is 13.4. The van der Waals surface area contributed by atoms with E-state index in [1.807, 2.05) is 30.3 Å². The summed E-state index contributed by atoms with van der Waals surface area (Å²) in [6, 6.07) is 14.5. The Morgan fingerprint density at radius 1 is 1.11 bits per heavy atom. The Kier molecular flexibility index (Phi) is 4.78. The van der Waals surface area contributed by atoms with Gasteiger partial charge in [-0.1, -0.05) is 31.2 Å². The Bertz CT molecular complexity index is 528. The molecule has 0 aromatic heterocycles. The molecule has 0 saturated heterocycles. The summed E-state index contributed by atoms with van der Waals surface area (Å²) in [5.41, 5.74) is 1.58. The van der Waals surface area contributed by atoms with Crippen molar-refractivity contribution in [3.63, 3.8) is 0 Å². The molecule has 1 N–H and O–H groups in total. The molecule has 2 rings (SSSR count). The van der Waals surface area contributed by atoms with Crippen molar-refractivity contribution in [1.82, 2.24) is 0 Å². The topological polar surface area (TPSA) is 21.3 Å². The van der Waals surface area contributed by atoms with Crippen molar-refractivity contribution in [3.8, 4) is 5.75 Å². The van der Waals surface area contributed by atoms with E-state index in [4.69, 9.17) is 4.74 Å². The molecule has 0 bridgehead atoms. The molecule has 0 radical (unpaired) electrons. The third-order valence-corrected chi connectivity index (χ3v) is 2.75. The first-order chi connectivity index (χ1) is 9.29. The first-order valence-corrected chi connectivity index (χ1v) is 6.49. The Labute approximate surface area is 113 Å². The van der Waals surface area contributed by atoms with E-state index in [1.165, 1.54) is 6.07 Å². The van der Waals surface area contributed by atoms with Crippen LogP contribution in [0.15, 0.2) is 48.5 Å². The summed E-state index contributed by atoms with van der Waals surface area (Å²) in [5, 5.41) is 3.20. The molecule has 0 aliphatic rings. The Hall–Kier alpha value is -2.03. The van der Waals surface area contributed by atoms with Crippen molar-refractivity contribution in [2.45, 2.75) is 19.9 Å². The molecule has 0 saturated carbocycles. The van der Waals surface area contributed by atoms with Crippen LogP contribution in [0.25, 0.3) is 0 Å². The minimum atomic E-state index is -0.187. The summed E-state index contributed by atoms with van der Waals surface area (Å²) in [6.07, 6.45) is 0.979. The van der Waals surface area contributed by atoms with Gasteiger partial charge in [-0.15, -0.1) is 0 Å². The maximum Gasteiger partial charge on any atom is 0.128 e. The van der Waals surface area contributed by atoms with Crippen LogP contribution in [0.5, 0.6) is 5.75 Å². The predicted octanol–water partition coefficient (Wildman–Crippen LogP) is 4.23. The zero-order valence-corrected chi connectivity index (χ0v) is 11.0. The van der Waals surface area contributed by atoms with Gasteiger partial charge in [0.25, 0.3) is 0 Å². The number of rotatable bonds is 6. The molecule has 2 nitrogen and oxygen atoms in total. The smallest absolute Gasteiger partial charge is 0.128 e. The predicted molar refractivity (Wildman–Crippen MR) is 76.0 cm³/mol. The number of hydrogen-bond donors (Lipinski definition) is 1. The van der Waals surface area contributed by atoms with E-state index < -0.39 is 0 Å². The van der Waals surface area contributed by atoms with Crippen molar-refractivity contribution < 1.29 is 9.13 Å². The molecule has 2 aromatic carbocycles. The van der Waals surface area contributed by atoms with Gasteiger partial charge in [-0.2, -0.15) is 0 Å². The molecule has 0 atom stereocenters. The molecule has 3 heteroatoms. The van der Waals surface area contributed by atoms with Crippen LogP contribution >= 0.6 is 0 Å². The lowest BCUT2D eigenvalue weighted by molar-refractivity contribution is 0.317. The van der Waals surface area contributed by atoms with E-state index in [-0.39, 0.29) is 5.82 Å². The fraction of sp³-hybridized carbons (Fsp3) is 0.250. The maximum atomic E-state index is 13.5. The minimum absolute atomic E-state index is 0.187. The van der Waals surface area contributed by atoms with Gasteiger partial charge in [-0.05, 0) is 24.6 Å². The van der Waals surface area contributed by atoms with Crippen molar-refractivity contribution in [2.24, 2.45) is 0 Å². The van der Waals surface area contributed by atoms with E-state index >= 15 is 0 Å². The third-order valence-electron chi connectivity index (χ3n) is 2.75. The molecule has 0 amide bonds. The molecule has 2 aromatic rings. The van der Waals surface area contributed by atoms with Gasteiger partial charge in [0, 0.05) is 23.9 Å². The fourth-order valence-electron chi connectivity index (χ4n) is 1.75. The highest BCUT2D eigenvalue weighted by molar-refractivity contribution is 5.48. The Morgan fingerprint density at radius 3 is 2.74 bits per heavy atom. The van der Waals surface area contributed by atoms with E-state index in [2.05, 4.69) is 12.2 Å². The number of anilines is 1. The standard InChI is InChI=1S/C16H18FNO/c1-2-10-19-15-8-5-7-14(11-15)18-12-13-6-3-4-9-16(13)17/h3-9,11,18H,2,10,12H2,1H3. The lowest BCUT2D eigenvalue weighted by Gasteiger charge is -2.10. The van der Waals surface area contributed by atoms with Gasteiger partial charge in [0.15, 0.2) is 0 Å². The summed E-state index contributed by atoms with van der Waals surface area (Å²) < 4.78 is 19.0. The second-order valence-electron chi connectivity index (χ2n) is 4.32. The van der Waals surface area contributed by atoms with E-state index in [0.717, 1.165) is 17.9 Å². The van der Waals surface area contributed by atoms with Crippen LogP contribution in [0.1, 0.15) is 18.9 Å². The Morgan fingerprint density at radius 2 is 1.95 bits per heavy atom. The lowest BCUT2D eigenvalue weighted by atomic mass is 10.2. The molecule has 19 heavy (non-hydrogen) atoms. The van der Waals surface area contributed by atoms with Crippen LogP contribution in [-0.4, -0.2) is 6.61 Å². The van der Waals surface area contributed by atoms with Gasteiger partial charge < -0.3 is 10.1 Å². The van der Waals surface area contributed by atoms with Gasteiger partial charge in [0.05, 0.1) is 6.61 Å². The molecule has 0 aliphatic heterocycles. The first-order valence-electron chi connectivity index (χ1n) is 6.49. The average molecular weight is 259 g/mol. The molecule has 0 spiro atoms. The SMILES string of the molecule is CCCOc1cccc(NCc2ccccc2F)c1. The summed E-state index contributed by atoms with van der Waals surface area (Å²) in [6.45, 7) is 3.24. The number of nitrogens with one attached hydrogen (secondary N) is 1. The third kappa shape index (κ3) is 3.98. The van der Waals surface area contributed by atoms with Gasteiger partial charge in [-0.3, -0.25) is 0 Å². The van der Waals surface area contributed by atoms with Crippen LogP contribution in [0.4, 0.5) is 10.1 Å². The van der Waals surface area contributed by atoms with E-state index in [9.17, 15) is 4.39 Å². The molecule has 100 valence electrons. The second kappa shape index (κ2) is 6.78. The lowest BCUT2D eigenvalue weighted by Crippen LogP contribution is -2.02. The number of ether oxygens (including phenoxy) is 1.